The summed E-state index contributed by atoms with van der Waals surface area (Å²) in [5.74, 6) is 0.690. The Kier molecular flexibility index (Phi) is 5.34. The van der Waals surface area contributed by atoms with Gasteiger partial charge in [0.1, 0.15) is 17.7 Å². The molecule has 132 valence electrons. The van der Waals surface area contributed by atoms with Crippen LogP contribution < -0.4 is 9.80 Å². The van der Waals surface area contributed by atoms with E-state index in [1.165, 1.54) is 0 Å². The maximum Gasteiger partial charge on any atom is 0.169 e. The number of anilines is 2. The van der Waals surface area contributed by atoms with Gasteiger partial charge in [-0.05, 0) is 30.5 Å². The number of aromatic nitrogens is 2. The number of nitriles is 2. The van der Waals surface area contributed by atoms with Crippen LogP contribution in [0.3, 0.4) is 0 Å². The maximum atomic E-state index is 9.69. The second-order valence-electron chi connectivity index (χ2n) is 6.25. The molecule has 0 bridgehead atoms. The smallest absolute Gasteiger partial charge is 0.169 e. The standard InChI is InChI=1S/C20H22N6/c1-3-16-17(14-22)20(24-23-18(16)4-2)26-11-9-25(10-12-26)19-8-6-5-7-15(19)13-21/h5-8H,3-4,9-12H2,1-2H3. The molecule has 1 aromatic heterocycles. The molecule has 6 heteroatoms. The molecular weight excluding hydrogens is 324 g/mol. The topological polar surface area (TPSA) is 79.8 Å². The Morgan fingerprint density at radius 1 is 0.923 bits per heavy atom. The van der Waals surface area contributed by atoms with E-state index >= 15 is 0 Å². The van der Waals surface area contributed by atoms with Gasteiger partial charge in [0.25, 0.3) is 0 Å². The number of para-hydroxylation sites is 1. The minimum Gasteiger partial charge on any atom is -0.367 e. The molecule has 3 rings (SSSR count). The molecular formula is C20H22N6. The Labute approximate surface area is 154 Å². The molecule has 0 radical (unpaired) electrons. The van der Waals surface area contributed by atoms with Gasteiger partial charge < -0.3 is 9.80 Å². The van der Waals surface area contributed by atoms with Crippen molar-refractivity contribution in [3.05, 3.63) is 46.6 Å². The molecule has 0 spiro atoms. The van der Waals surface area contributed by atoms with E-state index in [0.29, 0.717) is 16.9 Å². The van der Waals surface area contributed by atoms with Crippen molar-refractivity contribution in [2.75, 3.05) is 36.0 Å². The molecule has 0 aliphatic carbocycles. The normalized spacial score (nSPS) is 14.0. The average Bonchev–Trinajstić information content (AvgIpc) is 2.72. The molecule has 2 aromatic rings. The lowest BCUT2D eigenvalue weighted by molar-refractivity contribution is 0.640. The van der Waals surface area contributed by atoms with Gasteiger partial charge in [0.05, 0.1) is 16.9 Å². The van der Waals surface area contributed by atoms with Crippen LogP contribution in [0.5, 0.6) is 0 Å². The summed E-state index contributed by atoms with van der Waals surface area (Å²) in [6, 6.07) is 12.3. The van der Waals surface area contributed by atoms with Crippen LogP contribution in [-0.2, 0) is 12.8 Å². The number of hydrogen-bond donors (Lipinski definition) is 0. The third-order valence-electron chi connectivity index (χ3n) is 4.88. The first-order chi connectivity index (χ1) is 12.7. The summed E-state index contributed by atoms with van der Waals surface area (Å²) in [7, 11) is 0. The van der Waals surface area contributed by atoms with Gasteiger partial charge in [0, 0.05) is 26.2 Å². The Morgan fingerprint density at radius 2 is 1.62 bits per heavy atom. The summed E-state index contributed by atoms with van der Waals surface area (Å²) < 4.78 is 0. The van der Waals surface area contributed by atoms with Crippen molar-refractivity contribution in [3.8, 4) is 12.1 Å². The molecule has 1 aliphatic heterocycles. The Bertz CT molecular complexity index is 869. The molecule has 1 fully saturated rings. The molecule has 0 unspecified atom stereocenters. The first-order valence-electron chi connectivity index (χ1n) is 9.01. The summed E-state index contributed by atoms with van der Waals surface area (Å²) in [6.45, 7) is 7.15. The number of nitrogens with zero attached hydrogens (tertiary/aromatic N) is 6. The van der Waals surface area contributed by atoms with E-state index in [-0.39, 0.29) is 0 Å². The zero-order valence-electron chi connectivity index (χ0n) is 15.2. The van der Waals surface area contributed by atoms with E-state index in [4.69, 9.17) is 0 Å². The monoisotopic (exact) mass is 346 g/mol. The summed E-state index contributed by atoms with van der Waals surface area (Å²) in [4.78, 5) is 4.35. The van der Waals surface area contributed by atoms with Gasteiger partial charge >= 0.3 is 0 Å². The van der Waals surface area contributed by atoms with Crippen LogP contribution >= 0.6 is 0 Å². The first-order valence-corrected chi connectivity index (χ1v) is 9.01. The molecule has 0 saturated carbocycles. The molecule has 1 saturated heterocycles. The van der Waals surface area contributed by atoms with Crippen molar-refractivity contribution in [1.29, 1.82) is 10.5 Å². The number of hydrogen-bond acceptors (Lipinski definition) is 6. The van der Waals surface area contributed by atoms with Crippen molar-refractivity contribution in [3.63, 3.8) is 0 Å². The number of aryl methyl sites for hydroxylation is 1. The van der Waals surface area contributed by atoms with Crippen LogP contribution in [-0.4, -0.2) is 36.4 Å². The summed E-state index contributed by atoms with van der Waals surface area (Å²) in [6.07, 6.45) is 1.56. The lowest BCUT2D eigenvalue weighted by atomic mass is 10.0. The number of piperazine rings is 1. The molecule has 0 atom stereocenters. The zero-order valence-corrected chi connectivity index (χ0v) is 15.2. The van der Waals surface area contributed by atoms with Crippen molar-refractivity contribution in [1.82, 2.24) is 10.2 Å². The van der Waals surface area contributed by atoms with E-state index < -0.39 is 0 Å². The van der Waals surface area contributed by atoms with E-state index in [1.807, 2.05) is 31.2 Å². The van der Waals surface area contributed by atoms with Gasteiger partial charge in [-0.25, -0.2) is 0 Å². The van der Waals surface area contributed by atoms with Crippen molar-refractivity contribution >= 4 is 11.5 Å². The van der Waals surface area contributed by atoms with Crippen molar-refractivity contribution in [2.45, 2.75) is 26.7 Å². The van der Waals surface area contributed by atoms with Crippen LogP contribution in [0, 0.1) is 22.7 Å². The fraction of sp³-hybridized carbons (Fsp3) is 0.400. The van der Waals surface area contributed by atoms with Crippen molar-refractivity contribution in [2.24, 2.45) is 0 Å². The van der Waals surface area contributed by atoms with Crippen LogP contribution in [0.1, 0.15) is 36.2 Å². The first kappa shape index (κ1) is 17.7. The third-order valence-corrected chi connectivity index (χ3v) is 4.88. The van der Waals surface area contributed by atoms with Crippen LogP contribution in [0.4, 0.5) is 11.5 Å². The lowest BCUT2D eigenvalue weighted by Crippen LogP contribution is -2.47. The molecule has 0 amide bonds. The fourth-order valence-electron chi connectivity index (χ4n) is 3.50. The van der Waals surface area contributed by atoms with Gasteiger partial charge in [0.2, 0.25) is 0 Å². The zero-order chi connectivity index (χ0) is 18.5. The summed E-state index contributed by atoms with van der Waals surface area (Å²) in [5, 5.41) is 27.7. The summed E-state index contributed by atoms with van der Waals surface area (Å²) in [5.41, 5.74) is 4.24. The molecule has 26 heavy (non-hydrogen) atoms. The highest BCUT2D eigenvalue weighted by atomic mass is 15.3. The average molecular weight is 346 g/mol. The molecule has 2 heterocycles. The van der Waals surface area contributed by atoms with Crippen LogP contribution in [0.15, 0.2) is 24.3 Å². The van der Waals surface area contributed by atoms with E-state index in [1.54, 1.807) is 0 Å². The largest absolute Gasteiger partial charge is 0.367 e. The molecule has 1 aliphatic rings. The molecule has 0 N–H and O–H groups in total. The lowest BCUT2D eigenvalue weighted by Gasteiger charge is -2.37. The maximum absolute atomic E-state index is 9.69. The third kappa shape index (κ3) is 3.19. The van der Waals surface area contributed by atoms with Crippen molar-refractivity contribution < 1.29 is 0 Å². The highest BCUT2D eigenvalue weighted by Crippen LogP contribution is 2.26. The van der Waals surface area contributed by atoms with Gasteiger partial charge in [-0.3, -0.25) is 0 Å². The van der Waals surface area contributed by atoms with Gasteiger partial charge in [-0.1, -0.05) is 26.0 Å². The Balaban J connectivity index is 1.83. The predicted molar refractivity (Wildman–Crippen MR) is 101 cm³/mol. The fourth-order valence-corrected chi connectivity index (χ4v) is 3.50. The Morgan fingerprint density at radius 3 is 2.23 bits per heavy atom. The van der Waals surface area contributed by atoms with Crippen LogP contribution in [0.25, 0.3) is 0 Å². The predicted octanol–water partition coefficient (Wildman–Crippen LogP) is 2.67. The SMILES string of the molecule is CCc1nnc(N2CCN(c3ccccc3C#N)CC2)c(C#N)c1CC. The van der Waals surface area contributed by atoms with E-state index in [2.05, 4.69) is 39.1 Å². The van der Waals surface area contributed by atoms with E-state index in [9.17, 15) is 10.5 Å². The quantitative estimate of drug-likeness (QED) is 0.847. The van der Waals surface area contributed by atoms with Gasteiger partial charge in [-0.15, -0.1) is 5.10 Å². The number of rotatable bonds is 4. The second kappa shape index (κ2) is 7.84. The minimum atomic E-state index is 0.658. The van der Waals surface area contributed by atoms with Gasteiger partial charge in [-0.2, -0.15) is 15.6 Å². The number of benzene rings is 1. The highest BCUT2D eigenvalue weighted by Gasteiger charge is 2.24. The highest BCUT2D eigenvalue weighted by molar-refractivity contribution is 5.62. The van der Waals surface area contributed by atoms with E-state index in [0.717, 1.165) is 56.0 Å². The van der Waals surface area contributed by atoms with Crippen LogP contribution in [0.2, 0.25) is 0 Å². The second-order valence-corrected chi connectivity index (χ2v) is 6.25. The van der Waals surface area contributed by atoms with Gasteiger partial charge in [0.15, 0.2) is 5.82 Å². The molecule has 1 aromatic carbocycles. The minimum absolute atomic E-state index is 0.658. The summed E-state index contributed by atoms with van der Waals surface area (Å²) >= 11 is 0. The molecule has 6 nitrogen and oxygen atoms in total. The Hall–Kier alpha value is -3.12.